The van der Waals surface area contributed by atoms with E-state index in [1.165, 1.54) is 0 Å². The molecule has 1 aromatic heterocycles. The molecule has 0 spiro atoms. The van der Waals surface area contributed by atoms with Crippen LogP contribution in [0.4, 0.5) is 0 Å². The molecule has 1 atom stereocenters. The molecule has 1 aromatic carbocycles. The predicted molar refractivity (Wildman–Crippen MR) is 88.7 cm³/mol. The lowest BCUT2D eigenvalue weighted by atomic mass is 9.86. The number of hydrogen-bond acceptors (Lipinski definition) is 2. The van der Waals surface area contributed by atoms with E-state index in [0.29, 0.717) is 10.0 Å². The van der Waals surface area contributed by atoms with Gasteiger partial charge in [-0.3, -0.25) is 4.98 Å². The Kier molecular flexibility index (Phi) is 5.66. The number of allylic oxidation sites excluding steroid dienone is 1. The molecular formula is C17H17Cl2NO. The number of rotatable bonds is 5. The van der Waals surface area contributed by atoms with Crippen LogP contribution >= 0.6 is 23.2 Å². The zero-order valence-electron chi connectivity index (χ0n) is 12.0. The molecule has 0 fully saturated rings. The minimum absolute atomic E-state index is 0.124. The molecular weight excluding hydrogens is 305 g/mol. The minimum Gasteiger partial charge on any atom is -0.504 e. The van der Waals surface area contributed by atoms with Gasteiger partial charge in [0.15, 0.2) is 0 Å². The third kappa shape index (κ3) is 3.78. The molecule has 0 N–H and O–H groups in total. The Hall–Kier alpha value is -1.51. The van der Waals surface area contributed by atoms with Gasteiger partial charge in [-0.25, -0.2) is 0 Å². The molecule has 2 rings (SSSR count). The smallest absolute Gasteiger partial charge is 0.0869 e. The quantitative estimate of drug-likeness (QED) is 0.671. The monoisotopic (exact) mass is 321 g/mol. The number of pyridine rings is 1. The molecule has 0 aliphatic heterocycles. The molecule has 2 nitrogen and oxygen atoms in total. The fraction of sp³-hybridized carbons (Fsp3) is 0.235. The van der Waals surface area contributed by atoms with Gasteiger partial charge in [0, 0.05) is 33.9 Å². The first-order valence-corrected chi connectivity index (χ1v) is 7.51. The Morgan fingerprint density at radius 1 is 1.33 bits per heavy atom. The lowest BCUT2D eigenvalue weighted by Gasteiger charge is -2.20. The van der Waals surface area contributed by atoms with Crippen molar-refractivity contribution in [1.82, 2.24) is 4.98 Å². The van der Waals surface area contributed by atoms with Crippen molar-refractivity contribution >= 4 is 28.8 Å². The highest BCUT2D eigenvalue weighted by Crippen LogP contribution is 2.38. The summed E-state index contributed by atoms with van der Waals surface area (Å²) >= 11 is 12.4. The van der Waals surface area contributed by atoms with E-state index in [2.05, 4.69) is 11.9 Å². The summed E-state index contributed by atoms with van der Waals surface area (Å²) in [7, 11) is 1.65. The van der Waals surface area contributed by atoms with Crippen molar-refractivity contribution in [3.63, 3.8) is 0 Å². The molecule has 4 heteroatoms. The summed E-state index contributed by atoms with van der Waals surface area (Å²) in [4.78, 5) is 4.18. The van der Waals surface area contributed by atoms with Crippen LogP contribution in [0.5, 0.6) is 0 Å². The number of hydrogen-bond donors (Lipinski definition) is 0. The lowest BCUT2D eigenvalue weighted by molar-refractivity contribution is 0.338. The van der Waals surface area contributed by atoms with E-state index in [9.17, 15) is 0 Å². The predicted octanol–water partition coefficient (Wildman–Crippen LogP) is 5.57. The Labute approximate surface area is 135 Å². The summed E-state index contributed by atoms with van der Waals surface area (Å²) in [5, 5.41) is 1.30. The molecule has 21 heavy (non-hydrogen) atoms. The number of nitrogens with zero attached hydrogens (tertiary/aromatic N) is 1. The van der Waals surface area contributed by atoms with Crippen LogP contribution in [0, 0.1) is 0 Å². The van der Waals surface area contributed by atoms with E-state index in [-0.39, 0.29) is 5.92 Å². The van der Waals surface area contributed by atoms with Gasteiger partial charge in [0.05, 0.1) is 13.4 Å². The average molecular weight is 322 g/mol. The second kappa shape index (κ2) is 7.48. The largest absolute Gasteiger partial charge is 0.504 e. The third-order valence-corrected chi connectivity index (χ3v) is 3.92. The van der Waals surface area contributed by atoms with Gasteiger partial charge in [-0.2, -0.15) is 0 Å². The van der Waals surface area contributed by atoms with E-state index < -0.39 is 0 Å². The number of aromatic nitrogens is 1. The highest BCUT2D eigenvalue weighted by Gasteiger charge is 2.20. The molecule has 0 saturated carbocycles. The molecule has 0 aliphatic rings. The SMILES string of the molecule is CCC(C(=COC)c1cccnc1)c1ccc(Cl)cc1Cl. The lowest BCUT2D eigenvalue weighted by Crippen LogP contribution is -2.03. The summed E-state index contributed by atoms with van der Waals surface area (Å²) < 4.78 is 5.27. The fourth-order valence-electron chi connectivity index (χ4n) is 2.40. The van der Waals surface area contributed by atoms with Gasteiger partial charge in [0.1, 0.15) is 0 Å². The average Bonchev–Trinajstić information content (AvgIpc) is 2.50. The van der Waals surface area contributed by atoms with Gasteiger partial charge >= 0.3 is 0 Å². The van der Waals surface area contributed by atoms with Gasteiger partial charge in [-0.15, -0.1) is 0 Å². The number of ether oxygens (including phenoxy) is 1. The first kappa shape index (κ1) is 15.9. The normalized spacial score (nSPS) is 13.0. The van der Waals surface area contributed by atoms with Crippen molar-refractivity contribution in [3.05, 3.63) is 70.2 Å². The van der Waals surface area contributed by atoms with E-state index in [1.807, 2.05) is 30.5 Å². The van der Waals surface area contributed by atoms with Crippen molar-refractivity contribution in [3.8, 4) is 0 Å². The van der Waals surface area contributed by atoms with Crippen molar-refractivity contribution in [2.75, 3.05) is 7.11 Å². The fourth-order valence-corrected chi connectivity index (χ4v) is 2.94. The number of benzene rings is 1. The summed E-state index contributed by atoms with van der Waals surface area (Å²) in [6.45, 7) is 2.12. The van der Waals surface area contributed by atoms with Crippen LogP contribution in [0.25, 0.3) is 5.57 Å². The van der Waals surface area contributed by atoms with Crippen LogP contribution in [0.2, 0.25) is 10.0 Å². The van der Waals surface area contributed by atoms with Crippen LogP contribution in [-0.4, -0.2) is 12.1 Å². The maximum absolute atomic E-state index is 6.37. The molecule has 0 aliphatic carbocycles. The zero-order chi connectivity index (χ0) is 15.2. The molecule has 0 amide bonds. The Bertz CT molecular complexity index is 626. The van der Waals surface area contributed by atoms with Gasteiger partial charge in [0.2, 0.25) is 0 Å². The molecule has 0 saturated heterocycles. The number of halogens is 2. The Morgan fingerprint density at radius 2 is 2.14 bits per heavy atom. The topological polar surface area (TPSA) is 22.1 Å². The minimum atomic E-state index is 0.124. The standard InChI is InChI=1S/C17H17Cl2NO/c1-3-14(15-7-6-13(18)9-17(15)19)16(11-21-2)12-5-4-8-20-10-12/h4-11,14H,3H2,1-2H3. The van der Waals surface area contributed by atoms with Crippen LogP contribution in [0.1, 0.15) is 30.4 Å². The van der Waals surface area contributed by atoms with E-state index >= 15 is 0 Å². The molecule has 1 unspecified atom stereocenters. The summed E-state index contributed by atoms with van der Waals surface area (Å²) in [5.41, 5.74) is 3.12. The maximum Gasteiger partial charge on any atom is 0.0869 e. The Morgan fingerprint density at radius 3 is 2.71 bits per heavy atom. The summed E-state index contributed by atoms with van der Waals surface area (Å²) in [5.74, 6) is 0.124. The van der Waals surface area contributed by atoms with Gasteiger partial charge in [-0.1, -0.05) is 42.3 Å². The van der Waals surface area contributed by atoms with Gasteiger partial charge in [-0.05, 0) is 35.7 Å². The van der Waals surface area contributed by atoms with E-state index in [1.54, 1.807) is 25.6 Å². The van der Waals surface area contributed by atoms with E-state index in [4.69, 9.17) is 27.9 Å². The highest BCUT2D eigenvalue weighted by molar-refractivity contribution is 6.35. The van der Waals surface area contributed by atoms with Crippen molar-refractivity contribution in [2.45, 2.75) is 19.3 Å². The molecule has 1 heterocycles. The molecule has 110 valence electrons. The third-order valence-electron chi connectivity index (χ3n) is 3.36. The maximum atomic E-state index is 6.37. The highest BCUT2D eigenvalue weighted by atomic mass is 35.5. The van der Waals surface area contributed by atoms with Crippen LogP contribution < -0.4 is 0 Å². The van der Waals surface area contributed by atoms with E-state index in [0.717, 1.165) is 23.1 Å². The van der Waals surface area contributed by atoms with Gasteiger partial charge in [0.25, 0.3) is 0 Å². The molecule has 0 radical (unpaired) electrons. The van der Waals surface area contributed by atoms with Crippen LogP contribution in [0.15, 0.2) is 49.0 Å². The van der Waals surface area contributed by atoms with Crippen molar-refractivity contribution in [2.24, 2.45) is 0 Å². The molecule has 0 bridgehead atoms. The second-order valence-corrected chi connectivity index (χ2v) is 5.52. The second-order valence-electron chi connectivity index (χ2n) is 4.68. The van der Waals surface area contributed by atoms with Crippen molar-refractivity contribution in [1.29, 1.82) is 0 Å². The summed E-state index contributed by atoms with van der Waals surface area (Å²) in [6.07, 6.45) is 6.24. The first-order chi connectivity index (χ1) is 10.2. The first-order valence-electron chi connectivity index (χ1n) is 6.75. The van der Waals surface area contributed by atoms with Crippen molar-refractivity contribution < 1.29 is 4.74 Å². The number of methoxy groups -OCH3 is 1. The summed E-state index contributed by atoms with van der Waals surface area (Å²) in [6, 6.07) is 9.53. The van der Waals surface area contributed by atoms with Gasteiger partial charge < -0.3 is 4.74 Å². The zero-order valence-corrected chi connectivity index (χ0v) is 13.5. The molecule has 2 aromatic rings. The van der Waals surface area contributed by atoms with Crippen LogP contribution in [-0.2, 0) is 4.74 Å². The van der Waals surface area contributed by atoms with Crippen LogP contribution in [0.3, 0.4) is 0 Å². The Balaban J connectivity index is 2.49.